The molecule has 2 unspecified atom stereocenters. The highest BCUT2D eigenvalue weighted by atomic mass is 16.5. The van der Waals surface area contributed by atoms with E-state index in [1.54, 1.807) is 7.11 Å². The lowest BCUT2D eigenvalue weighted by molar-refractivity contribution is 0.349. The minimum atomic E-state index is 0.293. The average Bonchev–Trinajstić information content (AvgIpc) is 2.44. The zero-order chi connectivity index (χ0) is 13.7. The Morgan fingerprint density at radius 1 is 1.37 bits per heavy atom. The van der Waals surface area contributed by atoms with E-state index in [1.807, 2.05) is 6.07 Å². The van der Waals surface area contributed by atoms with Gasteiger partial charge in [0, 0.05) is 30.9 Å². The summed E-state index contributed by atoms with van der Waals surface area (Å²) >= 11 is 0. The number of unbranched alkanes of at least 4 members (excludes halogenated alkanes) is 1. The third-order valence-electron chi connectivity index (χ3n) is 3.95. The molecular weight excluding hydrogens is 236 g/mol. The number of rotatable bonds is 5. The highest BCUT2D eigenvalue weighted by molar-refractivity contribution is 5.51. The van der Waals surface area contributed by atoms with E-state index in [0.29, 0.717) is 6.04 Å². The van der Waals surface area contributed by atoms with Gasteiger partial charge < -0.3 is 15.4 Å². The molecule has 1 aliphatic heterocycles. The monoisotopic (exact) mass is 262 g/mol. The summed E-state index contributed by atoms with van der Waals surface area (Å²) in [5.74, 6) is 1.65. The van der Waals surface area contributed by atoms with E-state index in [0.717, 1.165) is 24.8 Å². The van der Waals surface area contributed by atoms with Crippen LogP contribution in [0.1, 0.15) is 32.6 Å². The Labute approximate surface area is 116 Å². The first-order valence-corrected chi connectivity index (χ1v) is 7.37. The van der Waals surface area contributed by atoms with Crippen LogP contribution in [0.15, 0.2) is 24.3 Å². The number of ether oxygens (including phenoxy) is 1. The van der Waals surface area contributed by atoms with Gasteiger partial charge in [0.25, 0.3) is 0 Å². The summed E-state index contributed by atoms with van der Waals surface area (Å²) in [5, 5.41) is 0. The molecule has 1 aromatic carbocycles. The second-order valence-corrected chi connectivity index (χ2v) is 5.61. The van der Waals surface area contributed by atoms with Crippen LogP contribution in [0.3, 0.4) is 0 Å². The first-order chi connectivity index (χ1) is 9.22. The maximum atomic E-state index is 6.22. The van der Waals surface area contributed by atoms with E-state index >= 15 is 0 Å². The number of methoxy groups -OCH3 is 1. The predicted molar refractivity (Wildman–Crippen MR) is 80.8 cm³/mol. The molecule has 2 atom stereocenters. The van der Waals surface area contributed by atoms with Gasteiger partial charge in [0.1, 0.15) is 5.75 Å². The van der Waals surface area contributed by atoms with Crippen LogP contribution in [-0.4, -0.2) is 26.2 Å². The number of piperidine rings is 1. The molecule has 0 saturated carbocycles. The number of hydrogen-bond donors (Lipinski definition) is 1. The largest absolute Gasteiger partial charge is 0.497 e. The Morgan fingerprint density at radius 2 is 2.21 bits per heavy atom. The second kappa shape index (κ2) is 6.80. The van der Waals surface area contributed by atoms with Crippen LogP contribution < -0.4 is 15.4 Å². The standard InChI is InChI=1S/C16H26N2O/c1-3-4-6-13-9-14(17)12-18(11-13)15-7-5-8-16(10-15)19-2/h5,7-8,10,13-14H,3-4,6,9,11-12,17H2,1-2H3. The van der Waals surface area contributed by atoms with E-state index < -0.39 is 0 Å². The van der Waals surface area contributed by atoms with Crippen molar-refractivity contribution >= 4 is 5.69 Å². The molecule has 2 rings (SSSR count). The van der Waals surface area contributed by atoms with E-state index in [1.165, 1.54) is 31.4 Å². The summed E-state index contributed by atoms with van der Waals surface area (Å²) in [6.45, 7) is 4.33. The molecule has 1 fully saturated rings. The zero-order valence-electron chi connectivity index (χ0n) is 12.1. The van der Waals surface area contributed by atoms with Gasteiger partial charge in [-0.05, 0) is 30.9 Å². The molecule has 0 aliphatic carbocycles. The van der Waals surface area contributed by atoms with Crippen molar-refractivity contribution in [1.29, 1.82) is 0 Å². The summed E-state index contributed by atoms with van der Waals surface area (Å²) in [4.78, 5) is 2.41. The Hall–Kier alpha value is -1.22. The maximum Gasteiger partial charge on any atom is 0.120 e. The van der Waals surface area contributed by atoms with Gasteiger partial charge in [0.15, 0.2) is 0 Å². The third-order valence-corrected chi connectivity index (χ3v) is 3.95. The van der Waals surface area contributed by atoms with Gasteiger partial charge in [-0.2, -0.15) is 0 Å². The number of nitrogens with zero attached hydrogens (tertiary/aromatic N) is 1. The van der Waals surface area contributed by atoms with Gasteiger partial charge in [-0.15, -0.1) is 0 Å². The topological polar surface area (TPSA) is 38.5 Å². The predicted octanol–water partition coefficient (Wildman–Crippen LogP) is 3.04. The highest BCUT2D eigenvalue weighted by Gasteiger charge is 2.24. The van der Waals surface area contributed by atoms with Crippen LogP contribution in [0.4, 0.5) is 5.69 Å². The van der Waals surface area contributed by atoms with Crippen molar-refractivity contribution in [2.45, 2.75) is 38.6 Å². The molecule has 19 heavy (non-hydrogen) atoms. The summed E-state index contributed by atoms with van der Waals surface area (Å²) in [6, 6.07) is 8.59. The normalized spacial score (nSPS) is 23.4. The fourth-order valence-corrected chi connectivity index (χ4v) is 2.97. The van der Waals surface area contributed by atoms with Crippen LogP contribution in [0.5, 0.6) is 5.75 Å². The molecule has 0 radical (unpaired) electrons. The quantitative estimate of drug-likeness (QED) is 0.886. The lowest BCUT2D eigenvalue weighted by Crippen LogP contribution is -2.47. The summed E-state index contributed by atoms with van der Waals surface area (Å²) in [6.07, 6.45) is 5.04. The molecule has 1 saturated heterocycles. The lowest BCUT2D eigenvalue weighted by Gasteiger charge is -2.38. The maximum absolute atomic E-state index is 6.22. The second-order valence-electron chi connectivity index (χ2n) is 5.61. The van der Waals surface area contributed by atoms with Crippen molar-refractivity contribution in [2.75, 3.05) is 25.1 Å². The molecule has 2 N–H and O–H groups in total. The van der Waals surface area contributed by atoms with Crippen molar-refractivity contribution in [1.82, 2.24) is 0 Å². The van der Waals surface area contributed by atoms with Gasteiger partial charge in [-0.3, -0.25) is 0 Å². The van der Waals surface area contributed by atoms with Gasteiger partial charge in [-0.25, -0.2) is 0 Å². The summed E-state index contributed by atoms with van der Waals surface area (Å²) in [5.41, 5.74) is 7.45. The van der Waals surface area contributed by atoms with Crippen LogP contribution >= 0.6 is 0 Å². The van der Waals surface area contributed by atoms with Gasteiger partial charge >= 0.3 is 0 Å². The lowest BCUT2D eigenvalue weighted by atomic mass is 9.90. The van der Waals surface area contributed by atoms with E-state index in [-0.39, 0.29) is 0 Å². The van der Waals surface area contributed by atoms with E-state index in [2.05, 4.69) is 30.0 Å². The Kier molecular flexibility index (Phi) is 5.08. The van der Waals surface area contributed by atoms with Crippen LogP contribution in [-0.2, 0) is 0 Å². The minimum absolute atomic E-state index is 0.293. The minimum Gasteiger partial charge on any atom is -0.497 e. The van der Waals surface area contributed by atoms with Crippen molar-refractivity contribution in [3.63, 3.8) is 0 Å². The molecule has 0 bridgehead atoms. The van der Waals surface area contributed by atoms with Crippen LogP contribution in [0, 0.1) is 5.92 Å². The van der Waals surface area contributed by atoms with Crippen molar-refractivity contribution in [3.05, 3.63) is 24.3 Å². The van der Waals surface area contributed by atoms with E-state index in [4.69, 9.17) is 10.5 Å². The molecule has 1 heterocycles. The van der Waals surface area contributed by atoms with Crippen molar-refractivity contribution < 1.29 is 4.74 Å². The SMILES string of the molecule is CCCCC1CC(N)CN(c2cccc(OC)c2)C1. The smallest absolute Gasteiger partial charge is 0.120 e. The van der Waals surface area contributed by atoms with Crippen LogP contribution in [0.25, 0.3) is 0 Å². The molecule has 0 aromatic heterocycles. The van der Waals surface area contributed by atoms with Crippen molar-refractivity contribution in [2.24, 2.45) is 11.7 Å². The van der Waals surface area contributed by atoms with Crippen molar-refractivity contribution in [3.8, 4) is 5.75 Å². The number of hydrogen-bond acceptors (Lipinski definition) is 3. The van der Waals surface area contributed by atoms with Gasteiger partial charge in [0.05, 0.1) is 7.11 Å². The Morgan fingerprint density at radius 3 is 2.95 bits per heavy atom. The Balaban J connectivity index is 2.05. The number of benzene rings is 1. The molecule has 0 spiro atoms. The van der Waals surface area contributed by atoms with Gasteiger partial charge in [0.2, 0.25) is 0 Å². The molecule has 106 valence electrons. The fraction of sp³-hybridized carbons (Fsp3) is 0.625. The fourth-order valence-electron chi connectivity index (χ4n) is 2.97. The molecular formula is C16H26N2O. The average molecular weight is 262 g/mol. The first kappa shape index (κ1) is 14.2. The summed E-state index contributed by atoms with van der Waals surface area (Å²) < 4.78 is 5.31. The molecule has 0 amide bonds. The van der Waals surface area contributed by atoms with E-state index in [9.17, 15) is 0 Å². The Bertz CT molecular complexity index is 394. The molecule has 1 aliphatic rings. The number of anilines is 1. The number of nitrogens with two attached hydrogens (primary N) is 1. The molecule has 1 aromatic rings. The first-order valence-electron chi connectivity index (χ1n) is 7.37. The van der Waals surface area contributed by atoms with Crippen LogP contribution in [0.2, 0.25) is 0 Å². The van der Waals surface area contributed by atoms with Gasteiger partial charge in [-0.1, -0.05) is 25.8 Å². The highest BCUT2D eigenvalue weighted by Crippen LogP contribution is 2.28. The molecule has 3 nitrogen and oxygen atoms in total. The zero-order valence-corrected chi connectivity index (χ0v) is 12.1. The summed E-state index contributed by atoms with van der Waals surface area (Å²) in [7, 11) is 1.71. The third kappa shape index (κ3) is 3.87. The molecule has 3 heteroatoms.